The van der Waals surface area contributed by atoms with Crippen LogP contribution in [0.2, 0.25) is 0 Å². The molecule has 0 fully saturated rings. The number of nitrogens with zero attached hydrogens (tertiary/aromatic N) is 3. The average molecular weight is 397 g/mol. The first-order chi connectivity index (χ1) is 13.7. The third kappa shape index (κ3) is 4.92. The lowest BCUT2D eigenvalue weighted by atomic mass is 9.75. The van der Waals surface area contributed by atoms with Crippen molar-refractivity contribution in [3.05, 3.63) is 46.8 Å². The molecular formula is C23H32N4O2. The molecule has 0 radical (unpaired) electrons. The molecule has 6 heteroatoms. The zero-order valence-electron chi connectivity index (χ0n) is 18.2. The van der Waals surface area contributed by atoms with Gasteiger partial charge in [0.05, 0.1) is 12.1 Å². The van der Waals surface area contributed by atoms with E-state index in [9.17, 15) is 9.59 Å². The summed E-state index contributed by atoms with van der Waals surface area (Å²) in [5.74, 6) is 0.585. The number of hydrogen-bond donors (Lipinski definition) is 1. The normalized spacial score (nSPS) is 15.4. The van der Waals surface area contributed by atoms with Crippen molar-refractivity contribution in [3.8, 4) is 0 Å². The Morgan fingerprint density at radius 1 is 1.28 bits per heavy atom. The van der Waals surface area contributed by atoms with E-state index in [0.717, 1.165) is 41.2 Å². The van der Waals surface area contributed by atoms with Crippen LogP contribution in [0.4, 0.5) is 0 Å². The van der Waals surface area contributed by atoms with Gasteiger partial charge >= 0.3 is 0 Å². The van der Waals surface area contributed by atoms with Crippen molar-refractivity contribution in [2.24, 2.45) is 11.3 Å². The number of aromatic nitrogens is 3. The molecule has 1 aliphatic carbocycles. The van der Waals surface area contributed by atoms with Gasteiger partial charge in [-0.3, -0.25) is 19.6 Å². The summed E-state index contributed by atoms with van der Waals surface area (Å²) in [4.78, 5) is 33.9. The first-order valence-electron chi connectivity index (χ1n) is 10.4. The van der Waals surface area contributed by atoms with Gasteiger partial charge in [-0.2, -0.15) is 0 Å². The van der Waals surface area contributed by atoms with Gasteiger partial charge in [0.15, 0.2) is 5.78 Å². The fourth-order valence-corrected chi connectivity index (χ4v) is 4.25. The van der Waals surface area contributed by atoms with Crippen LogP contribution in [-0.2, 0) is 30.6 Å². The maximum absolute atomic E-state index is 13.0. The van der Waals surface area contributed by atoms with E-state index in [1.807, 2.05) is 6.92 Å². The highest BCUT2D eigenvalue weighted by atomic mass is 16.1. The van der Waals surface area contributed by atoms with Gasteiger partial charge in [-0.1, -0.05) is 27.7 Å². The quantitative estimate of drug-likeness (QED) is 0.779. The molecular weight excluding hydrogens is 364 g/mol. The molecule has 29 heavy (non-hydrogen) atoms. The molecule has 2 heterocycles. The molecule has 0 spiro atoms. The summed E-state index contributed by atoms with van der Waals surface area (Å²) in [6.07, 6.45) is 7.27. The largest absolute Gasteiger partial charge is 0.355 e. The van der Waals surface area contributed by atoms with Crippen LogP contribution >= 0.6 is 0 Å². The number of fused-ring (bicyclic) bond motifs is 1. The number of rotatable bonds is 7. The Morgan fingerprint density at radius 3 is 2.69 bits per heavy atom. The van der Waals surface area contributed by atoms with Crippen molar-refractivity contribution >= 4 is 11.7 Å². The van der Waals surface area contributed by atoms with Crippen LogP contribution in [0.25, 0.3) is 0 Å². The first kappa shape index (κ1) is 21.2. The van der Waals surface area contributed by atoms with Crippen LogP contribution < -0.4 is 5.32 Å². The Labute approximate surface area is 173 Å². The van der Waals surface area contributed by atoms with Gasteiger partial charge in [-0.05, 0) is 30.2 Å². The second-order valence-electron chi connectivity index (χ2n) is 9.30. The first-order valence-corrected chi connectivity index (χ1v) is 10.4. The lowest BCUT2D eigenvalue weighted by Gasteiger charge is -2.30. The van der Waals surface area contributed by atoms with Crippen molar-refractivity contribution in [2.45, 2.75) is 66.8 Å². The van der Waals surface area contributed by atoms with E-state index in [0.29, 0.717) is 25.3 Å². The number of carbonyl (C=O) groups is 2. The summed E-state index contributed by atoms with van der Waals surface area (Å²) in [7, 11) is 0. The fraction of sp³-hybridized carbons (Fsp3) is 0.565. The number of nitrogens with one attached hydrogen (secondary N) is 1. The molecule has 0 aromatic carbocycles. The summed E-state index contributed by atoms with van der Waals surface area (Å²) < 4.78 is 2.28. The maximum atomic E-state index is 13.0. The van der Waals surface area contributed by atoms with Crippen LogP contribution in [0.3, 0.4) is 0 Å². The van der Waals surface area contributed by atoms with E-state index in [1.165, 1.54) is 0 Å². The second kappa shape index (κ2) is 8.47. The predicted molar refractivity (Wildman–Crippen MR) is 113 cm³/mol. The van der Waals surface area contributed by atoms with Gasteiger partial charge in [0.25, 0.3) is 0 Å². The fourth-order valence-electron chi connectivity index (χ4n) is 4.25. The molecule has 0 aliphatic heterocycles. The van der Waals surface area contributed by atoms with E-state index < -0.39 is 0 Å². The minimum Gasteiger partial charge on any atom is -0.355 e. The highest BCUT2D eigenvalue weighted by Gasteiger charge is 2.37. The maximum Gasteiger partial charge on any atom is 0.224 e. The lowest BCUT2D eigenvalue weighted by molar-refractivity contribution is -0.120. The number of hydrogen-bond acceptors (Lipinski definition) is 4. The van der Waals surface area contributed by atoms with Gasteiger partial charge in [0.1, 0.15) is 0 Å². The summed E-state index contributed by atoms with van der Waals surface area (Å²) in [5, 5.41) is 2.97. The Hall–Kier alpha value is -2.50. The molecule has 0 unspecified atom stereocenters. The van der Waals surface area contributed by atoms with Crippen molar-refractivity contribution in [1.29, 1.82) is 0 Å². The van der Waals surface area contributed by atoms with Gasteiger partial charge in [0.2, 0.25) is 5.91 Å². The Balaban J connectivity index is 1.79. The standard InChI is InChI=1S/C23H32N4O2/c1-15(2)14-27-16(3)18(22-19(27)11-23(4,5)12-20(22)28)10-21(29)26-7-6-17-13-24-8-9-25-17/h8-9,13,15H,6-7,10-12,14H2,1-5H3,(H,26,29). The van der Waals surface area contributed by atoms with Crippen LogP contribution in [0.5, 0.6) is 0 Å². The van der Waals surface area contributed by atoms with Crippen LogP contribution in [0.1, 0.15) is 67.1 Å². The molecule has 3 rings (SSSR count). The van der Waals surface area contributed by atoms with Crippen molar-refractivity contribution < 1.29 is 9.59 Å². The summed E-state index contributed by atoms with van der Waals surface area (Å²) >= 11 is 0. The molecule has 0 atom stereocenters. The van der Waals surface area contributed by atoms with Crippen molar-refractivity contribution in [1.82, 2.24) is 19.9 Å². The topological polar surface area (TPSA) is 76.9 Å². The van der Waals surface area contributed by atoms with E-state index in [-0.39, 0.29) is 23.5 Å². The third-order valence-corrected chi connectivity index (χ3v) is 5.53. The van der Waals surface area contributed by atoms with E-state index in [2.05, 4.69) is 47.5 Å². The zero-order chi connectivity index (χ0) is 21.2. The van der Waals surface area contributed by atoms with E-state index in [4.69, 9.17) is 0 Å². The molecule has 1 amide bonds. The summed E-state index contributed by atoms with van der Waals surface area (Å²) in [6, 6.07) is 0. The molecule has 0 saturated heterocycles. The summed E-state index contributed by atoms with van der Waals surface area (Å²) in [6.45, 7) is 12.1. The smallest absolute Gasteiger partial charge is 0.224 e. The number of Topliss-reactive ketones (excluding diaryl/α,β-unsaturated/α-hetero) is 1. The summed E-state index contributed by atoms with van der Waals surface area (Å²) in [5.41, 5.74) is 4.67. The number of ketones is 1. The monoisotopic (exact) mass is 396 g/mol. The Kier molecular flexibility index (Phi) is 6.20. The third-order valence-electron chi connectivity index (χ3n) is 5.53. The van der Waals surface area contributed by atoms with Crippen LogP contribution in [0.15, 0.2) is 18.6 Å². The molecule has 156 valence electrons. The second-order valence-corrected chi connectivity index (χ2v) is 9.30. The minimum absolute atomic E-state index is 0.0418. The molecule has 2 aromatic rings. The predicted octanol–water partition coefficient (Wildman–Crippen LogP) is 3.30. The minimum atomic E-state index is -0.0564. The average Bonchev–Trinajstić information content (AvgIpc) is 2.87. The van der Waals surface area contributed by atoms with Gasteiger partial charge in [0, 0.05) is 61.5 Å². The molecule has 2 aromatic heterocycles. The molecule has 1 aliphatic rings. The molecule has 1 N–H and O–H groups in total. The van der Waals surface area contributed by atoms with Crippen molar-refractivity contribution in [2.75, 3.05) is 6.54 Å². The van der Waals surface area contributed by atoms with Gasteiger partial charge in [-0.15, -0.1) is 0 Å². The van der Waals surface area contributed by atoms with Gasteiger partial charge in [-0.25, -0.2) is 0 Å². The van der Waals surface area contributed by atoms with Crippen LogP contribution in [0, 0.1) is 18.3 Å². The highest BCUT2D eigenvalue weighted by molar-refractivity contribution is 6.01. The molecule has 0 saturated carbocycles. The van der Waals surface area contributed by atoms with Gasteiger partial charge < -0.3 is 9.88 Å². The van der Waals surface area contributed by atoms with E-state index in [1.54, 1.807) is 18.6 Å². The SMILES string of the molecule is Cc1c(CC(=O)NCCc2cnccn2)c2c(n1CC(C)C)CC(C)(C)CC2=O. The molecule has 0 bridgehead atoms. The lowest BCUT2D eigenvalue weighted by Crippen LogP contribution is -2.30. The zero-order valence-corrected chi connectivity index (χ0v) is 18.2. The number of amides is 1. The number of carbonyl (C=O) groups excluding carboxylic acids is 2. The Bertz CT molecular complexity index is 897. The highest BCUT2D eigenvalue weighted by Crippen LogP contribution is 2.39. The van der Waals surface area contributed by atoms with Crippen LogP contribution in [-0.4, -0.2) is 32.8 Å². The van der Waals surface area contributed by atoms with Crippen molar-refractivity contribution in [3.63, 3.8) is 0 Å². The Morgan fingerprint density at radius 2 is 2.03 bits per heavy atom. The van der Waals surface area contributed by atoms with E-state index >= 15 is 0 Å². The molecule has 6 nitrogen and oxygen atoms in total.